The Morgan fingerprint density at radius 3 is 2.24 bits per heavy atom. The highest BCUT2D eigenvalue weighted by molar-refractivity contribution is 5.91. The number of esters is 1. The molecule has 0 aliphatic heterocycles. The fourth-order valence-electron chi connectivity index (χ4n) is 2.79. The van der Waals surface area contributed by atoms with Crippen molar-refractivity contribution in [3.63, 3.8) is 0 Å². The van der Waals surface area contributed by atoms with Gasteiger partial charge in [0, 0.05) is 11.1 Å². The molecule has 0 saturated heterocycles. The molecule has 2 aromatic heterocycles. The van der Waals surface area contributed by atoms with Crippen molar-refractivity contribution in [2.24, 2.45) is 0 Å². The molecule has 0 spiro atoms. The first-order valence-corrected chi connectivity index (χ1v) is 7.86. The van der Waals surface area contributed by atoms with E-state index in [0.717, 1.165) is 16.7 Å². The predicted octanol–water partition coefficient (Wildman–Crippen LogP) is 3.85. The first-order valence-electron chi connectivity index (χ1n) is 7.86. The number of ether oxygens (including phenoxy) is 1. The Morgan fingerprint density at radius 2 is 1.60 bits per heavy atom. The smallest absolute Gasteiger partial charge is 0.356 e. The van der Waals surface area contributed by atoms with Crippen molar-refractivity contribution >= 4 is 11.6 Å². The van der Waals surface area contributed by atoms with Gasteiger partial charge in [-0.05, 0) is 11.6 Å². The van der Waals surface area contributed by atoms with Crippen molar-refractivity contribution < 1.29 is 9.53 Å². The normalized spacial score (nSPS) is 10.8. The van der Waals surface area contributed by atoms with E-state index in [4.69, 9.17) is 9.72 Å². The molecule has 5 heteroatoms. The Hall–Kier alpha value is -3.47. The van der Waals surface area contributed by atoms with Crippen LogP contribution < -0.4 is 0 Å². The zero-order valence-corrected chi connectivity index (χ0v) is 13.6. The van der Waals surface area contributed by atoms with Crippen LogP contribution in [0.5, 0.6) is 0 Å². The molecular weight excluding hydrogens is 314 g/mol. The molecule has 5 nitrogen and oxygen atoms in total. The molecular formula is C20H15N3O2. The van der Waals surface area contributed by atoms with Gasteiger partial charge in [-0.1, -0.05) is 60.7 Å². The Labute approximate surface area is 144 Å². The van der Waals surface area contributed by atoms with E-state index in [1.54, 1.807) is 12.3 Å². The number of fused-ring (bicyclic) bond motifs is 1. The van der Waals surface area contributed by atoms with Gasteiger partial charge in [-0.25, -0.2) is 14.3 Å². The van der Waals surface area contributed by atoms with Gasteiger partial charge in [0.25, 0.3) is 0 Å². The number of hydrogen-bond donors (Lipinski definition) is 0. The second kappa shape index (κ2) is 6.20. The van der Waals surface area contributed by atoms with Crippen LogP contribution >= 0.6 is 0 Å². The lowest BCUT2D eigenvalue weighted by atomic mass is 10.1. The minimum Gasteiger partial charge on any atom is -0.464 e. The molecule has 0 aliphatic carbocycles. The van der Waals surface area contributed by atoms with E-state index in [1.165, 1.54) is 11.6 Å². The summed E-state index contributed by atoms with van der Waals surface area (Å²) in [6, 6.07) is 21.3. The molecule has 0 bridgehead atoms. The molecule has 0 fully saturated rings. The number of aromatic nitrogens is 3. The van der Waals surface area contributed by atoms with Crippen LogP contribution in [0.4, 0.5) is 0 Å². The van der Waals surface area contributed by atoms with E-state index >= 15 is 0 Å². The third-order valence-corrected chi connectivity index (χ3v) is 4.02. The van der Waals surface area contributed by atoms with Gasteiger partial charge in [0.15, 0.2) is 11.3 Å². The van der Waals surface area contributed by atoms with Gasteiger partial charge in [0.2, 0.25) is 0 Å². The van der Waals surface area contributed by atoms with E-state index in [1.807, 2.05) is 60.7 Å². The van der Waals surface area contributed by atoms with Crippen LogP contribution in [-0.4, -0.2) is 27.7 Å². The summed E-state index contributed by atoms with van der Waals surface area (Å²) in [6.45, 7) is 0. The Bertz CT molecular complexity index is 1040. The molecule has 0 radical (unpaired) electrons. The van der Waals surface area contributed by atoms with Crippen LogP contribution in [0.25, 0.3) is 28.0 Å². The van der Waals surface area contributed by atoms with Crippen LogP contribution in [0.1, 0.15) is 10.5 Å². The van der Waals surface area contributed by atoms with Gasteiger partial charge >= 0.3 is 5.97 Å². The highest BCUT2D eigenvalue weighted by Crippen LogP contribution is 2.27. The maximum atomic E-state index is 12.2. The summed E-state index contributed by atoms with van der Waals surface area (Å²) in [5, 5.41) is 4.35. The lowest BCUT2D eigenvalue weighted by Gasteiger charge is -2.08. The quantitative estimate of drug-likeness (QED) is 0.536. The zero-order chi connectivity index (χ0) is 17.2. The van der Waals surface area contributed by atoms with Crippen LogP contribution in [0, 0.1) is 0 Å². The van der Waals surface area contributed by atoms with Crippen molar-refractivity contribution in [2.45, 2.75) is 0 Å². The first-order chi connectivity index (χ1) is 12.3. The highest BCUT2D eigenvalue weighted by atomic mass is 16.5. The molecule has 4 aromatic rings. The van der Waals surface area contributed by atoms with Gasteiger partial charge in [-0.3, -0.25) is 0 Å². The second-order valence-electron chi connectivity index (χ2n) is 5.54. The molecule has 0 saturated carbocycles. The Morgan fingerprint density at radius 1 is 0.960 bits per heavy atom. The summed E-state index contributed by atoms with van der Waals surface area (Å²) < 4.78 is 6.45. The van der Waals surface area contributed by atoms with Gasteiger partial charge < -0.3 is 4.74 Å². The maximum Gasteiger partial charge on any atom is 0.356 e. The third-order valence-electron chi connectivity index (χ3n) is 4.02. The largest absolute Gasteiger partial charge is 0.464 e. The Kier molecular flexibility index (Phi) is 3.74. The molecule has 0 atom stereocenters. The molecule has 0 amide bonds. The van der Waals surface area contributed by atoms with Crippen molar-refractivity contribution in [3.05, 3.63) is 78.6 Å². The minimum absolute atomic E-state index is 0.341. The number of nitrogens with zero attached hydrogens (tertiary/aromatic N) is 3. The summed E-state index contributed by atoms with van der Waals surface area (Å²) in [5.74, 6) is -0.452. The van der Waals surface area contributed by atoms with E-state index in [0.29, 0.717) is 17.0 Å². The molecule has 122 valence electrons. The van der Waals surface area contributed by atoms with Gasteiger partial charge in [0.1, 0.15) is 0 Å². The summed E-state index contributed by atoms with van der Waals surface area (Å²) >= 11 is 0. The third kappa shape index (κ3) is 2.65. The molecule has 0 N–H and O–H groups in total. The number of carbonyl (C=O) groups is 1. The van der Waals surface area contributed by atoms with E-state index in [-0.39, 0.29) is 0 Å². The van der Waals surface area contributed by atoms with Crippen molar-refractivity contribution in [2.75, 3.05) is 7.11 Å². The number of methoxy groups -OCH3 is 1. The Balaban J connectivity index is 2.01. The second-order valence-corrected chi connectivity index (χ2v) is 5.54. The molecule has 25 heavy (non-hydrogen) atoms. The number of rotatable bonds is 3. The average molecular weight is 329 g/mol. The lowest BCUT2D eigenvalue weighted by Crippen LogP contribution is -2.10. The van der Waals surface area contributed by atoms with Gasteiger partial charge in [-0.2, -0.15) is 5.10 Å². The zero-order valence-electron chi connectivity index (χ0n) is 13.6. The molecule has 0 aliphatic rings. The highest BCUT2D eigenvalue weighted by Gasteiger charge is 2.18. The number of carbonyl (C=O) groups excluding carboxylic acids is 1. The minimum atomic E-state index is -0.452. The van der Waals surface area contributed by atoms with Gasteiger partial charge in [0.05, 0.1) is 19.0 Å². The summed E-state index contributed by atoms with van der Waals surface area (Å²) in [7, 11) is 1.36. The number of hydrogen-bond acceptors (Lipinski definition) is 4. The van der Waals surface area contributed by atoms with Gasteiger partial charge in [-0.15, -0.1) is 0 Å². The summed E-state index contributed by atoms with van der Waals surface area (Å²) in [4.78, 5) is 17.0. The van der Waals surface area contributed by atoms with Crippen LogP contribution in [0.2, 0.25) is 0 Å². The van der Waals surface area contributed by atoms with Crippen molar-refractivity contribution in [1.29, 1.82) is 0 Å². The predicted molar refractivity (Wildman–Crippen MR) is 95.2 cm³/mol. The van der Waals surface area contributed by atoms with Crippen LogP contribution in [-0.2, 0) is 4.74 Å². The average Bonchev–Trinajstić information content (AvgIpc) is 3.12. The maximum absolute atomic E-state index is 12.2. The van der Waals surface area contributed by atoms with E-state index in [2.05, 4.69) is 5.10 Å². The van der Waals surface area contributed by atoms with Crippen molar-refractivity contribution in [1.82, 2.24) is 14.6 Å². The monoisotopic (exact) mass is 329 g/mol. The molecule has 2 aromatic carbocycles. The summed E-state index contributed by atoms with van der Waals surface area (Å²) in [5.41, 5.74) is 4.44. The molecule has 2 heterocycles. The number of benzene rings is 2. The van der Waals surface area contributed by atoms with E-state index in [9.17, 15) is 4.79 Å². The molecule has 0 unspecified atom stereocenters. The molecule has 4 rings (SSSR count). The lowest BCUT2D eigenvalue weighted by molar-refractivity contribution is 0.0590. The SMILES string of the molecule is COC(=O)c1cc(-c2ccccc2)nc2c(-c3ccccc3)cnn12. The fraction of sp³-hybridized carbons (Fsp3) is 0.0500. The standard InChI is InChI=1S/C20H15N3O2/c1-25-20(24)18-12-17(15-10-6-3-7-11-15)22-19-16(13-21-23(18)19)14-8-4-2-5-9-14/h2-13H,1H3. The van der Waals surface area contributed by atoms with Crippen molar-refractivity contribution in [3.8, 4) is 22.4 Å². The van der Waals surface area contributed by atoms with Crippen LogP contribution in [0.3, 0.4) is 0 Å². The first kappa shape index (κ1) is 15.1. The van der Waals surface area contributed by atoms with E-state index < -0.39 is 5.97 Å². The topological polar surface area (TPSA) is 56.5 Å². The fourth-order valence-corrected chi connectivity index (χ4v) is 2.79. The van der Waals surface area contributed by atoms with Crippen LogP contribution in [0.15, 0.2) is 72.9 Å². The summed E-state index contributed by atoms with van der Waals surface area (Å²) in [6.07, 6.45) is 1.72.